The zero-order valence-electron chi connectivity index (χ0n) is 14.3. The number of anilines is 2. The summed E-state index contributed by atoms with van der Waals surface area (Å²) in [5.74, 6) is 0.332. The van der Waals surface area contributed by atoms with Gasteiger partial charge in [0, 0.05) is 26.2 Å². The summed E-state index contributed by atoms with van der Waals surface area (Å²) in [6.45, 7) is 3.91. The van der Waals surface area contributed by atoms with E-state index in [0.717, 1.165) is 31.9 Å². The first kappa shape index (κ1) is 17.0. The fourth-order valence-corrected chi connectivity index (χ4v) is 4.94. The Morgan fingerprint density at radius 2 is 1.69 bits per heavy atom. The predicted octanol–water partition coefficient (Wildman–Crippen LogP) is 1.39. The van der Waals surface area contributed by atoms with Crippen LogP contribution in [0.5, 0.6) is 11.5 Å². The zero-order valence-corrected chi connectivity index (χ0v) is 15.1. The van der Waals surface area contributed by atoms with Crippen LogP contribution >= 0.6 is 0 Å². The second-order valence-corrected chi connectivity index (χ2v) is 8.09. The van der Waals surface area contributed by atoms with Crippen LogP contribution in [0.15, 0.2) is 47.4 Å². The van der Waals surface area contributed by atoms with E-state index in [-0.39, 0.29) is 23.8 Å². The third kappa shape index (κ3) is 2.85. The van der Waals surface area contributed by atoms with Gasteiger partial charge in [-0.05, 0) is 24.3 Å². The van der Waals surface area contributed by atoms with Gasteiger partial charge in [-0.1, -0.05) is 18.2 Å². The van der Waals surface area contributed by atoms with Crippen LogP contribution in [0.2, 0.25) is 0 Å². The Labute approximate surface area is 152 Å². The van der Waals surface area contributed by atoms with E-state index >= 15 is 0 Å². The van der Waals surface area contributed by atoms with Crippen molar-refractivity contribution < 1.29 is 18.3 Å². The van der Waals surface area contributed by atoms with Crippen LogP contribution in [-0.2, 0) is 10.0 Å². The van der Waals surface area contributed by atoms with E-state index < -0.39 is 10.0 Å². The van der Waals surface area contributed by atoms with E-state index in [0.29, 0.717) is 11.4 Å². The minimum Gasteiger partial charge on any atom is -0.507 e. The summed E-state index contributed by atoms with van der Waals surface area (Å²) in [6.07, 6.45) is 0. The molecule has 2 N–H and O–H groups in total. The lowest BCUT2D eigenvalue weighted by molar-refractivity contribution is 0.315. The van der Waals surface area contributed by atoms with Crippen LogP contribution in [-0.4, -0.2) is 52.9 Å². The van der Waals surface area contributed by atoms with Crippen molar-refractivity contribution in [2.24, 2.45) is 0 Å². The Balaban J connectivity index is 1.77. The summed E-state index contributed by atoms with van der Waals surface area (Å²) in [5, 5.41) is 13.3. The number of hydrogen-bond donors (Lipinski definition) is 2. The average molecular weight is 375 g/mol. The summed E-state index contributed by atoms with van der Waals surface area (Å²) in [4.78, 5) is 2.10. The van der Waals surface area contributed by atoms with Gasteiger partial charge in [0.2, 0.25) is 0 Å². The van der Waals surface area contributed by atoms with Gasteiger partial charge in [-0.3, -0.25) is 4.31 Å². The summed E-state index contributed by atoms with van der Waals surface area (Å²) >= 11 is 0. The molecule has 1 fully saturated rings. The number of phenolic OH excluding ortho intramolecular Hbond substituents is 1. The molecule has 0 amide bonds. The van der Waals surface area contributed by atoms with E-state index in [1.165, 1.54) is 16.4 Å². The molecule has 26 heavy (non-hydrogen) atoms. The molecule has 2 aromatic rings. The molecule has 7 nitrogen and oxygen atoms in total. The predicted molar refractivity (Wildman–Crippen MR) is 99.7 cm³/mol. The van der Waals surface area contributed by atoms with Crippen LogP contribution in [0, 0.1) is 0 Å². The number of sulfonamides is 1. The third-order valence-corrected chi connectivity index (χ3v) is 6.53. The van der Waals surface area contributed by atoms with Gasteiger partial charge >= 0.3 is 0 Å². The van der Waals surface area contributed by atoms with Crippen molar-refractivity contribution in [2.45, 2.75) is 4.90 Å². The minimum absolute atomic E-state index is 0.0968. The van der Waals surface area contributed by atoms with Crippen molar-refractivity contribution in [1.29, 1.82) is 0 Å². The van der Waals surface area contributed by atoms with Crippen LogP contribution in [0.25, 0.3) is 0 Å². The van der Waals surface area contributed by atoms with Gasteiger partial charge in [0.1, 0.15) is 17.3 Å². The standard InChI is InChI=1S/C18H21N3O4S/c22-16-6-1-2-7-17(16)26(23,24)21-12-13-25-18-14(4-3-5-15(18)21)20-10-8-19-9-11-20/h1-7,19,22H,8-13H2. The molecule has 1 saturated heterocycles. The minimum atomic E-state index is -3.88. The lowest BCUT2D eigenvalue weighted by atomic mass is 10.2. The first-order valence-corrected chi connectivity index (χ1v) is 10.1. The van der Waals surface area contributed by atoms with Gasteiger partial charge in [0.05, 0.1) is 17.9 Å². The van der Waals surface area contributed by atoms with E-state index in [2.05, 4.69) is 10.2 Å². The van der Waals surface area contributed by atoms with Crippen LogP contribution < -0.4 is 19.3 Å². The summed E-state index contributed by atoms with van der Waals surface area (Å²) < 4.78 is 33.5. The molecule has 4 rings (SSSR count). The number of piperazine rings is 1. The molecule has 2 aromatic carbocycles. The SMILES string of the molecule is O=S(=O)(c1ccccc1O)N1CCOc2c(N3CCNCC3)cccc21. The number of para-hydroxylation sites is 2. The first-order valence-electron chi connectivity index (χ1n) is 8.61. The highest BCUT2D eigenvalue weighted by Crippen LogP contribution is 2.43. The normalized spacial score (nSPS) is 17.5. The Bertz CT molecular complexity index is 910. The molecule has 138 valence electrons. The van der Waals surface area contributed by atoms with Gasteiger partial charge in [0.25, 0.3) is 10.0 Å². The third-order valence-electron chi connectivity index (χ3n) is 4.67. The number of rotatable bonds is 3. The number of aromatic hydroxyl groups is 1. The smallest absolute Gasteiger partial charge is 0.268 e. The first-order chi connectivity index (χ1) is 12.6. The summed E-state index contributed by atoms with van der Waals surface area (Å²) in [5.41, 5.74) is 1.41. The van der Waals surface area contributed by atoms with Crippen molar-refractivity contribution >= 4 is 21.4 Å². The molecule has 0 radical (unpaired) electrons. The number of ether oxygens (including phenoxy) is 1. The quantitative estimate of drug-likeness (QED) is 0.844. The fraction of sp³-hybridized carbons (Fsp3) is 0.333. The fourth-order valence-electron chi connectivity index (χ4n) is 3.41. The molecular weight excluding hydrogens is 354 g/mol. The van der Waals surface area contributed by atoms with E-state index in [1.54, 1.807) is 18.2 Å². The maximum absolute atomic E-state index is 13.1. The maximum Gasteiger partial charge on any atom is 0.268 e. The van der Waals surface area contributed by atoms with Crippen molar-refractivity contribution in [3.8, 4) is 11.5 Å². The Morgan fingerprint density at radius 3 is 2.46 bits per heavy atom. The van der Waals surface area contributed by atoms with E-state index in [9.17, 15) is 13.5 Å². The topological polar surface area (TPSA) is 82.1 Å². The molecule has 2 aliphatic rings. The maximum atomic E-state index is 13.1. The summed E-state index contributed by atoms with van der Waals surface area (Å²) in [7, 11) is -3.88. The number of hydrogen-bond acceptors (Lipinski definition) is 6. The van der Waals surface area contributed by atoms with Gasteiger partial charge in [-0.25, -0.2) is 8.42 Å². The molecule has 0 bridgehead atoms. The molecular formula is C18H21N3O4S. The Kier molecular flexibility index (Phi) is 4.37. The highest BCUT2D eigenvalue weighted by molar-refractivity contribution is 7.93. The van der Waals surface area contributed by atoms with Gasteiger partial charge in [0.15, 0.2) is 5.75 Å². The summed E-state index contributed by atoms with van der Waals surface area (Å²) in [6, 6.07) is 11.6. The van der Waals surface area contributed by atoms with Crippen molar-refractivity contribution in [3.05, 3.63) is 42.5 Å². The molecule has 0 saturated carbocycles. The number of fused-ring (bicyclic) bond motifs is 1. The Morgan fingerprint density at radius 1 is 0.962 bits per heavy atom. The van der Waals surface area contributed by atoms with Crippen LogP contribution in [0.3, 0.4) is 0 Å². The van der Waals surface area contributed by atoms with Gasteiger partial charge in [-0.2, -0.15) is 0 Å². The molecule has 2 aliphatic heterocycles. The number of benzene rings is 2. The highest BCUT2D eigenvalue weighted by atomic mass is 32.2. The molecule has 0 spiro atoms. The number of phenols is 1. The lowest BCUT2D eigenvalue weighted by Gasteiger charge is -2.36. The van der Waals surface area contributed by atoms with Crippen LogP contribution in [0.4, 0.5) is 11.4 Å². The van der Waals surface area contributed by atoms with E-state index in [4.69, 9.17) is 4.74 Å². The molecule has 2 heterocycles. The van der Waals surface area contributed by atoms with Gasteiger partial charge in [-0.15, -0.1) is 0 Å². The van der Waals surface area contributed by atoms with Gasteiger partial charge < -0.3 is 20.1 Å². The lowest BCUT2D eigenvalue weighted by Crippen LogP contribution is -2.44. The molecule has 0 unspecified atom stereocenters. The Hall–Kier alpha value is -2.45. The highest BCUT2D eigenvalue weighted by Gasteiger charge is 2.33. The van der Waals surface area contributed by atoms with Crippen molar-refractivity contribution in [2.75, 3.05) is 48.5 Å². The molecule has 0 aliphatic carbocycles. The molecule has 0 atom stereocenters. The second kappa shape index (κ2) is 6.69. The monoisotopic (exact) mass is 375 g/mol. The van der Waals surface area contributed by atoms with Crippen molar-refractivity contribution in [1.82, 2.24) is 5.32 Å². The number of nitrogens with one attached hydrogen (secondary N) is 1. The zero-order chi connectivity index (χ0) is 18.1. The van der Waals surface area contributed by atoms with Crippen LogP contribution in [0.1, 0.15) is 0 Å². The van der Waals surface area contributed by atoms with E-state index in [1.807, 2.05) is 12.1 Å². The largest absolute Gasteiger partial charge is 0.507 e. The average Bonchev–Trinajstić information content (AvgIpc) is 2.68. The second-order valence-electron chi connectivity index (χ2n) is 6.26. The molecule has 8 heteroatoms. The molecule has 0 aromatic heterocycles. The number of nitrogens with zero attached hydrogens (tertiary/aromatic N) is 2. The van der Waals surface area contributed by atoms with Crippen molar-refractivity contribution in [3.63, 3.8) is 0 Å².